The van der Waals surface area contributed by atoms with Crippen molar-refractivity contribution in [2.24, 2.45) is 4.99 Å². The zero-order valence-electron chi connectivity index (χ0n) is 10.1. The maximum Gasteiger partial charge on any atom is 0.223 e. The van der Waals surface area contributed by atoms with E-state index in [1.165, 1.54) is 0 Å². The van der Waals surface area contributed by atoms with Crippen LogP contribution in [0, 0.1) is 0 Å². The number of amides is 1. The number of guanidine groups is 1. The standard InChI is InChI=1S/C10H22N4O/c1-5-7-12-10(11-2)13-8-6-9(15)14(3)4/h5-8H2,1-4H3,(H2,11,12,13). The van der Waals surface area contributed by atoms with Crippen LogP contribution in [0.5, 0.6) is 0 Å². The van der Waals surface area contributed by atoms with E-state index in [0.29, 0.717) is 13.0 Å². The molecule has 0 aromatic heterocycles. The minimum Gasteiger partial charge on any atom is -0.356 e. The summed E-state index contributed by atoms with van der Waals surface area (Å²) in [5.41, 5.74) is 0. The summed E-state index contributed by atoms with van der Waals surface area (Å²) < 4.78 is 0. The summed E-state index contributed by atoms with van der Waals surface area (Å²) in [4.78, 5) is 16.9. The fourth-order valence-corrected chi connectivity index (χ4v) is 0.975. The Morgan fingerprint density at radius 1 is 1.27 bits per heavy atom. The van der Waals surface area contributed by atoms with Crippen LogP contribution in [0.15, 0.2) is 4.99 Å². The molecule has 0 fully saturated rings. The molecule has 0 aromatic rings. The van der Waals surface area contributed by atoms with E-state index in [-0.39, 0.29) is 5.91 Å². The van der Waals surface area contributed by atoms with Gasteiger partial charge in [0.1, 0.15) is 0 Å². The molecule has 0 saturated carbocycles. The van der Waals surface area contributed by atoms with Crippen molar-refractivity contribution in [3.05, 3.63) is 0 Å². The first-order valence-corrected chi connectivity index (χ1v) is 5.26. The highest BCUT2D eigenvalue weighted by Crippen LogP contribution is 1.84. The molecule has 0 unspecified atom stereocenters. The van der Waals surface area contributed by atoms with Gasteiger partial charge in [0.15, 0.2) is 5.96 Å². The van der Waals surface area contributed by atoms with Gasteiger partial charge >= 0.3 is 0 Å². The number of carbonyl (C=O) groups excluding carboxylic acids is 1. The second-order valence-electron chi connectivity index (χ2n) is 3.46. The van der Waals surface area contributed by atoms with Gasteiger partial charge in [-0.05, 0) is 6.42 Å². The van der Waals surface area contributed by atoms with Crippen molar-refractivity contribution in [1.82, 2.24) is 15.5 Å². The van der Waals surface area contributed by atoms with Crippen LogP contribution in [-0.2, 0) is 4.79 Å². The molecule has 0 radical (unpaired) electrons. The lowest BCUT2D eigenvalue weighted by molar-refractivity contribution is -0.128. The number of carbonyl (C=O) groups is 1. The number of nitrogens with zero attached hydrogens (tertiary/aromatic N) is 2. The quantitative estimate of drug-likeness (QED) is 0.502. The molecule has 0 rings (SSSR count). The summed E-state index contributed by atoms with van der Waals surface area (Å²) in [6.07, 6.45) is 1.54. The zero-order valence-corrected chi connectivity index (χ0v) is 10.1. The average Bonchev–Trinajstić information content (AvgIpc) is 2.22. The maximum atomic E-state index is 11.3. The first-order chi connectivity index (χ1) is 7.11. The minimum atomic E-state index is 0.119. The molecule has 5 nitrogen and oxygen atoms in total. The molecular weight excluding hydrogens is 192 g/mol. The Morgan fingerprint density at radius 2 is 1.87 bits per heavy atom. The third-order valence-electron chi connectivity index (χ3n) is 1.90. The molecule has 0 spiro atoms. The van der Waals surface area contributed by atoms with E-state index in [0.717, 1.165) is 18.9 Å². The Bertz CT molecular complexity index is 213. The monoisotopic (exact) mass is 214 g/mol. The smallest absolute Gasteiger partial charge is 0.223 e. The van der Waals surface area contributed by atoms with Gasteiger partial charge in [0.05, 0.1) is 0 Å². The zero-order chi connectivity index (χ0) is 11.7. The van der Waals surface area contributed by atoms with Crippen LogP contribution < -0.4 is 10.6 Å². The van der Waals surface area contributed by atoms with Gasteiger partial charge in [-0.15, -0.1) is 0 Å². The van der Waals surface area contributed by atoms with Crippen LogP contribution in [0.3, 0.4) is 0 Å². The maximum absolute atomic E-state index is 11.3. The number of aliphatic imine (C=N–C) groups is 1. The SMILES string of the molecule is CCCNC(=NC)NCCC(=O)N(C)C. The van der Waals surface area contributed by atoms with Gasteiger partial charge in [0.2, 0.25) is 5.91 Å². The molecule has 0 saturated heterocycles. The third-order valence-corrected chi connectivity index (χ3v) is 1.90. The molecule has 5 heteroatoms. The van der Waals surface area contributed by atoms with Crippen molar-refractivity contribution >= 4 is 11.9 Å². The van der Waals surface area contributed by atoms with Crippen LogP contribution in [0.2, 0.25) is 0 Å². The van der Waals surface area contributed by atoms with E-state index in [9.17, 15) is 4.79 Å². The van der Waals surface area contributed by atoms with Crippen LogP contribution in [0.1, 0.15) is 19.8 Å². The van der Waals surface area contributed by atoms with Crippen LogP contribution in [-0.4, -0.2) is 51.0 Å². The van der Waals surface area contributed by atoms with Crippen LogP contribution >= 0.6 is 0 Å². The minimum absolute atomic E-state index is 0.119. The molecule has 2 N–H and O–H groups in total. The highest BCUT2D eigenvalue weighted by atomic mass is 16.2. The molecule has 1 amide bonds. The topological polar surface area (TPSA) is 56.7 Å². The highest BCUT2D eigenvalue weighted by Gasteiger charge is 2.03. The molecule has 0 aliphatic heterocycles. The first-order valence-electron chi connectivity index (χ1n) is 5.26. The largest absolute Gasteiger partial charge is 0.356 e. The number of nitrogens with one attached hydrogen (secondary N) is 2. The Labute approximate surface area is 91.9 Å². The van der Waals surface area contributed by atoms with E-state index in [1.807, 2.05) is 0 Å². The van der Waals surface area contributed by atoms with Crippen LogP contribution in [0.4, 0.5) is 0 Å². The summed E-state index contributed by atoms with van der Waals surface area (Å²) >= 11 is 0. The molecule has 0 bridgehead atoms. The second kappa shape index (κ2) is 8.08. The summed E-state index contributed by atoms with van der Waals surface area (Å²) in [7, 11) is 5.23. The molecule has 15 heavy (non-hydrogen) atoms. The summed E-state index contributed by atoms with van der Waals surface area (Å²) in [6, 6.07) is 0. The lowest BCUT2D eigenvalue weighted by Gasteiger charge is -2.13. The molecular formula is C10H22N4O. The van der Waals surface area contributed by atoms with Crippen molar-refractivity contribution in [2.45, 2.75) is 19.8 Å². The lowest BCUT2D eigenvalue weighted by Crippen LogP contribution is -2.39. The van der Waals surface area contributed by atoms with Gasteiger partial charge < -0.3 is 15.5 Å². The van der Waals surface area contributed by atoms with Gasteiger partial charge in [-0.1, -0.05) is 6.92 Å². The van der Waals surface area contributed by atoms with Crippen molar-refractivity contribution in [3.63, 3.8) is 0 Å². The first kappa shape index (κ1) is 13.7. The summed E-state index contributed by atoms with van der Waals surface area (Å²) in [6.45, 7) is 3.59. The number of hydrogen-bond donors (Lipinski definition) is 2. The Hall–Kier alpha value is -1.26. The molecule has 88 valence electrons. The highest BCUT2D eigenvalue weighted by molar-refractivity contribution is 5.81. The molecule has 0 atom stereocenters. The fraction of sp³-hybridized carbons (Fsp3) is 0.800. The fourth-order valence-electron chi connectivity index (χ4n) is 0.975. The molecule has 0 heterocycles. The number of rotatable bonds is 5. The predicted octanol–water partition coefficient (Wildman–Crippen LogP) is 0.0397. The molecule has 0 aliphatic carbocycles. The van der Waals surface area contributed by atoms with Gasteiger partial charge in [-0.25, -0.2) is 0 Å². The third kappa shape index (κ3) is 6.76. The predicted molar refractivity (Wildman–Crippen MR) is 63.0 cm³/mol. The van der Waals surface area contributed by atoms with Crippen molar-refractivity contribution in [1.29, 1.82) is 0 Å². The summed E-state index contributed by atoms with van der Waals surface area (Å²) in [5, 5.41) is 6.22. The number of hydrogen-bond acceptors (Lipinski definition) is 2. The summed E-state index contributed by atoms with van der Waals surface area (Å²) in [5.74, 6) is 0.872. The van der Waals surface area contributed by atoms with Crippen LogP contribution in [0.25, 0.3) is 0 Å². The van der Waals surface area contributed by atoms with E-state index >= 15 is 0 Å². The van der Waals surface area contributed by atoms with Gasteiger partial charge in [0, 0.05) is 40.7 Å². The van der Waals surface area contributed by atoms with Crippen molar-refractivity contribution in [2.75, 3.05) is 34.2 Å². The van der Waals surface area contributed by atoms with E-state index in [1.54, 1.807) is 26.0 Å². The van der Waals surface area contributed by atoms with E-state index in [2.05, 4.69) is 22.5 Å². The van der Waals surface area contributed by atoms with E-state index < -0.39 is 0 Å². The Morgan fingerprint density at radius 3 is 2.33 bits per heavy atom. The molecule has 0 aliphatic rings. The Kier molecular flexibility index (Phi) is 7.40. The Balaban J connectivity index is 3.69. The average molecular weight is 214 g/mol. The second-order valence-corrected chi connectivity index (χ2v) is 3.46. The van der Waals surface area contributed by atoms with Gasteiger partial charge in [-0.3, -0.25) is 9.79 Å². The van der Waals surface area contributed by atoms with Gasteiger partial charge in [0.25, 0.3) is 0 Å². The normalized spacial score (nSPS) is 11.1. The lowest BCUT2D eigenvalue weighted by atomic mass is 10.4. The van der Waals surface area contributed by atoms with Crippen molar-refractivity contribution in [3.8, 4) is 0 Å². The van der Waals surface area contributed by atoms with Crippen molar-refractivity contribution < 1.29 is 4.79 Å². The van der Waals surface area contributed by atoms with E-state index in [4.69, 9.17) is 0 Å². The molecule has 0 aromatic carbocycles. The van der Waals surface area contributed by atoms with Gasteiger partial charge in [-0.2, -0.15) is 0 Å².